The fourth-order valence-corrected chi connectivity index (χ4v) is 4.75. The molecule has 1 heterocycles. The second-order valence-corrected chi connectivity index (χ2v) is 7.84. The molecule has 0 radical (unpaired) electrons. The molecule has 1 aromatic carbocycles. The van der Waals surface area contributed by atoms with Crippen LogP contribution in [-0.4, -0.2) is 26.2 Å². The third kappa shape index (κ3) is 3.05. The van der Waals surface area contributed by atoms with Gasteiger partial charge in [0.1, 0.15) is 4.21 Å². The molecule has 0 unspecified atom stereocenters. The van der Waals surface area contributed by atoms with Gasteiger partial charge in [-0.2, -0.15) is 0 Å². The Morgan fingerprint density at radius 1 is 1.37 bits per heavy atom. The quantitative estimate of drug-likeness (QED) is 0.655. The van der Waals surface area contributed by atoms with Gasteiger partial charge in [-0.25, -0.2) is 14.3 Å². The Labute approximate surface area is 123 Å². The fraction of sp³-hybridized carbons (Fsp3) is 0.111. The summed E-state index contributed by atoms with van der Waals surface area (Å²) in [6.45, 7) is 0. The van der Waals surface area contributed by atoms with Crippen LogP contribution in [-0.2, 0) is 14.6 Å². The monoisotopic (exact) mass is 339 g/mol. The molecule has 5 nitrogen and oxygen atoms in total. The van der Waals surface area contributed by atoms with E-state index >= 15 is 0 Å². The zero-order valence-corrected chi connectivity index (χ0v) is 12.5. The summed E-state index contributed by atoms with van der Waals surface area (Å²) in [6, 6.07) is 4.61. The standard InChI is InChI=1S/C9H8BCl2NO4S2/c11-6-1-2-7(12)9-5(6)3-8(18-9)19(15,16)4-10(14)17-13/h1-3,14H,4,13H2. The number of thiophene rings is 1. The fourth-order valence-electron chi connectivity index (χ4n) is 1.50. The number of rotatable bonds is 4. The van der Waals surface area contributed by atoms with Crippen LogP contribution < -0.4 is 5.90 Å². The van der Waals surface area contributed by atoms with Crippen LogP contribution in [0.2, 0.25) is 10.0 Å². The normalized spacial score (nSPS) is 12.0. The Kier molecular flexibility index (Phi) is 4.41. The van der Waals surface area contributed by atoms with Crippen molar-refractivity contribution in [3.8, 4) is 0 Å². The molecule has 0 saturated heterocycles. The molecule has 0 saturated carbocycles. The van der Waals surface area contributed by atoms with E-state index in [9.17, 15) is 8.42 Å². The van der Waals surface area contributed by atoms with E-state index < -0.39 is 22.6 Å². The van der Waals surface area contributed by atoms with Gasteiger partial charge in [-0.05, 0) is 18.2 Å². The van der Waals surface area contributed by atoms with E-state index in [1.54, 1.807) is 12.1 Å². The number of hydrogen-bond acceptors (Lipinski definition) is 6. The highest BCUT2D eigenvalue weighted by molar-refractivity contribution is 7.94. The van der Waals surface area contributed by atoms with Gasteiger partial charge in [0, 0.05) is 10.4 Å². The second kappa shape index (κ2) is 5.57. The van der Waals surface area contributed by atoms with Crippen LogP contribution in [0.5, 0.6) is 0 Å². The van der Waals surface area contributed by atoms with Gasteiger partial charge < -0.3 is 9.78 Å². The van der Waals surface area contributed by atoms with Crippen molar-refractivity contribution in [1.29, 1.82) is 0 Å². The van der Waals surface area contributed by atoms with E-state index in [4.69, 9.17) is 34.1 Å². The zero-order valence-electron chi connectivity index (χ0n) is 9.34. The van der Waals surface area contributed by atoms with Crippen molar-refractivity contribution in [3.63, 3.8) is 0 Å². The van der Waals surface area contributed by atoms with Crippen LogP contribution >= 0.6 is 34.5 Å². The summed E-state index contributed by atoms with van der Waals surface area (Å²) in [4.78, 5) is 0. The van der Waals surface area contributed by atoms with Crippen molar-refractivity contribution in [1.82, 2.24) is 0 Å². The Bertz CT molecular complexity index is 679. The van der Waals surface area contributed by atoms with E-state index in [1.165, 1.54) is 6.07 Å². The maximum Gasteiger partial charge on any atom is 0.487 e. The minimum atomic E-state index is -3.72. The first-order valence-electron chi connectivity index (χ1n) is 4.99. The Balaban J connectivity index is 2.52. The zero-order chi connectivity index (χ0) is 14.2. The van der Waals surface area contributed by atoms with Crippen molar-refractivity contribution in [3.05, 3.63) is 28.2 Å². The largest absolute Gasteiger partial charge is 0.487 e. The lowest BCUT2D eigenvalue weighted by molar-refractivity contribution is 0.273. The lowest BCUT2D eigenvalue weighted by Crippen LogP contribution is -2.31. The second-order valence-electron chi connectivity index (χ2n) is 3.71. The number of benzene rings is 1. The third-order valence-electron chi connectivity index (χ3n) is 2.39. The molecule has 2 rings (SSSR count). The summed E-state index contributed by atoms with van der Waals surface area (Å²) in [5.41, 5.74) is -0.633. The van der Waals surface area contributed by atoms with Crippen LogP contribution in [0, 0.1) is 0 Å². The first-order valence-corrected chi connectivity index (χ1v) is 8.21. The van der Waals surface area contributed by atoms with Crippen LogP contribution in [0.15, 0.2) is 22.4 Å². The van der Waals surface area contributed by atoms with Crippen LogP contribution in [0.3, 0.4) is 0 Å². The predicted molar refractivity (Wildman–Crippen MR) is 77.1 cm³/mol. The van der Waals surface area contributed by atoms with Gasteiger partial charge in [0.25, 0.3) is 0 Å². The van der Waals surface area contributed by atoms with Gasteiger partial charge in [0.2, 0.25) is 0 Å². The molecule has 0 bridgehead atoms. The molecular formula is C9H8BCl2NO4S2. The minimum absolute atomic E-state index is 0.0496. The predicted octanol–water partition coefficient (Wildman–Crippen LogP) is 1.89. The highest BCUT2D eigenvalue weighted by Gasteiger charge is 2.27. The van der Waals surface area contributed by atoms with Crippen molar-refractivity contribution in [2.24, 2.45) is 5.90 Å². The Morgan fingerprint density at radius 3 is 2.58 bits per heavy atom. The van der Waals surface area contributed by atoms with Crippen molar-refractivity contribution in [2.75, 3.05) is 5.65 Å². The van der Waals surface area contributed by atoms with Crippen molar-refractivity contribution < 1.29 is 18.2 Å². The maximum absolute atomic E-state index is 12.0. The van der Waals surface area contributed by atoms with E-state index in [2.05, 4.69) is 4.76 Å². The molecule has 0 aliphatic carbocycles. The minimum Gasteiger partial charge on any atom is -0.425 e. The maximum atomic E-state index is 12.0. The van der Waals surface area contributed by atoms with E-state index in [-0.39, 0.29) is 4.21 Å². The average Bonchev–Trinajstić information content (AvgIpc) is 2.80. The lowest BCUT2D eigenvalue weighted by Gasteiger charge is -2.02. The molecule has 0 aliphatic heterocycles. The van der Waals surface area contributed by atoms with E-state index in [0.29, 0.717) is 20.1 Å². The summed E-state index contributed by atoms with van der Waals surface area (Å²) < 4.78 is 28.7. The molecule has 3 N–H and O–H groups in total. The first-order chi connectivity index (χ1) is 8.85. The molecular weight excluding hydrogens is 332 g/mol. The van der Waals surface area contributed by atoms with Gasteiger partial charge in [-0.1, -0.05) is 23.2 Å². The molecule has 19 heavy (non-hydrogen) atoms. The van der Waals surface area contributed by atoms with E-state index in [1.807, 2.05) is 0 Å². The lowest BCUT2D eigenvalue weighted by atomic mass is 9.97. The topological polar surface area (TPSA) is 89.6 Å². The summed E-state index contributed by atoms with van der Waals surface area (Å²) in [7, 11) is -5.30. The van der Waals surface area contributed by atoms with Crippen molar-refractivity contribution >= 4 is 61.6 Å². The molecule has 0 spiro atoms. The van der Waals surface area contributed by atoms with Gasteiger partial charge in [-0.15, -0.1) is 11.3 Å². The highest BCUT2D eigenvalue weighted by Crippen LogP contribution is 2.38. The summed E-state index contributed by atoms with van der Waals surface area (Å²) in [5.74, 6) is 4.73. The molecule has 0 aliphatic rings. The number of sulfone groups is 1. The van der Waals surface area contributed by atoms with Gasteiger partial charge in [-0.3, -0.25) is 0 Å². The molecule has 1 aromatic heterocycles. The highest BCUT2D eigenvalue weighted by atomic mass is 35.5. The molecule has 2 aromatic rings. The van der Waals surface area contributed by atoms with Crippen molar-refractivity contribution in [2.45, 2.75) is 4.21 Å². The number of halogens is 2. The van der Waals surface area contributed by atoms with Crippen LogP contribution in [0.25, 0.3) is 10.1 Å². The summed E-state index contributed by atoms with van der Waals surface area (Å²) >= 11 is 13.0. The summed E-state index contributed by atoms with van der Waals surface area (Å²) in [6.07, 6.45) is 0. The number of hydrogen-bond donors (Lipinski definition) is 2. The molecule has 10 heteroatoms. The van der Waals surface area contributed by atoms with E-state index in [0.717, 1.165) is 11.3 Å². The van der Waals surface area contributed by atoms with Gasteiger partial charge in [0.05, 0.1) is 15.4 Å². The SMILES string of the molecule is NOB(O)CS(=O)(=O)c1cc2c(Cl)ccc(Cl)c2s1. The smallest absolute Gasteiger partial charge is 0.425 e. The number of fused-ring (bicyclic) bond motifs is 1. The van der Waals surface area contributed by atoms with Gasteiger partial charge in [0.15, 0.2) is 9.84 Å². The molecule has 0 atom stereocenters. The molecule has 0 amide bonds. The first kappa shape index (κ1) is 15.1. The third-order valence-corrected chi connectivity index (χ3v) is 6.57. The molecule has 0 fully saturated rings. The molecule has 102 valence electrons. The Hall–Kier alpha value is -0.345. The Morgan fingerprint density at radius 2 is 2.00 bits per heavy atom. The van der Waals surface area contributed by atoms with Gasteiger partial charge >= 0.3 is 7.12 Å². The van der Waals surface area contributed by atoms with Crippen LogP contribution in [0.4, 0.5) is 0 Å². The number of nitrogens with two attached hydrogens (primary N) is 1. The summed E-state index contributed by atoms with van der Waals surface area (Å²) in [5, 5.41) is 10.5. The average molecular weight is 340 g/mol. The van der Waals surface area contributed by atoms with Crippen LogP contribution in [0.1, 0.15) is 0 Å².